The van der Waals surface area contributed by atoms with Crippen molar-refractivity contribution in [3.05, 3.63) is 22.9 Å². The van der Waals surface area contributed by atoms with Gasteiger partial charge in [-0.2, -0.15) is 5.26 Å². The summed E-state index contributed by atoms with van der Waals surface area (Å²) in [6.07, 6.45) is 0. The zero-order chi connectivity index (χ0) is 11.4. The van der Waals surface area contributed by atoms with Gasteiger partial charge in [0.1, 0.15) is 11.6 Å². The quantitative estimate of drug-likeness (QED) is 0.807. The molecule has 0 unspecified atom stereocenters. The van der Waals surface area contributed by atoms with Gasteiger partial charge in [0.05, 0.1) is 12.2 Å². The van der Waals surface area contributed by atoms with Crippen LogP contribution >= 0.6 is 0 Å². The van der Waals surface area contributed by atoms with E-state index in [9.17, 15) is 4.79 Å². The fourth-order valence-electron chi connectivity index (χ4n) is 1.16. The highest BCUT2D eigenvalue weighted by Crippen LogP contribution is 2.20. The maximum atomic E-state index is 10.9. The Morgan fingerprint density at radius 2 is 2.40 bits per heavy atom. The lowest BCUT2D eigenvalue weighted by molar-refractivity contribution is 0.0695. The van der Waals surface area contributed by atoms with Crippen LogP contribution in [0.3, 0.4) is 0 Å². The van der Waals surface area contributed by atoms with E-state index in [2.05, 4.69) is 4.98 Å². The highest BCUT2D eigenvalue weighted by Gasteiger charge is 2.17. The molecule has 0 fully saturated rings. The smallest absolute Gasteiger partial charge is 0.337 e. The summed E-state index contributed by atoms with van der Waals surface area (Å²) in [6, 6.07) is 3.14. The van der Waals surface area contributed by atoms with Gasteiger partial charge in [-0.05, 0) is 19.9 Å². The summed E-state index contributed by atoms with van der Waals surface area (Å²) >= 11 is 0. The van der Waals surface area contributed by atoms with Gasteiger partial charge in [0.2, 0.25) is 5.88 Å². The first-order valence-electron chi connectivity index (χ1n) is 4.38. The van der Waals surface area contributed by atoms with E-state index in [1.165, 1.54) is 6.07 Å². The third kappa shape index (κ3) is 2.23. The van der Waals surface area contributed by atoms with E-state index in [-0.39, 0.29) is 17.0 Å². The van der Waals surface area contributed by atoms with Crippen LogP contribution in [0.2, 0.25) is 0 Å². The van der Waals surface area contributed by atoms with Crippen LogP contribution in [0, 0.1) is 18.3 Å². The van der Waals surface area contributed by atoms with Crippen molar-refractivity contribution in [2.75, 3.05) is 6.61 Å². The number of pyridine rings is 1. The van der Waals surface area contributed by atoms with Gasteiger partial charge in [-0.3, -0.25) is 0 Å². The third-order valence-electron chi connectivity index (χ3n) is 1.74. The van der Waals surface area contributed by atoms with Crippen molar-refractivity contribution in [3.63, 3.8) is 0 Å². The molecule has 0 saturated heterocycles. The van der Waals surface area contributed by atoms with Crippen molar-refractivity contribution < 1.29 is 14.6 Å². The average Bonchev–Trinajstić information content (AvgIpc) is 2.17. The largest absolute Gasteiger partial charge is 0.478 e. The first-order chi connectivity index (χ1) is 7.10. The molecule has 1 heterocycles. The number of carboxylic acids is 1. The van der Waals surface area contributed by atoms with Crippen LogP contribution in [0.4, 0.5) is 0 Å². The van der Waals surface area contributed by atoms with Crippen LogP contribution in [0.15, 0.2) is 6.07 Å². The Morgan fingerprint density at radius 3 is 2.87 bits per heavy atom. The lowest BCUT2D eigenvalue weighted by Gasteiger charge is -2.07. The van der Waals surface area contributed by atoms with Crippen molar-refractivity contribution in [3.8, 4) is 11.9 Å². The summed E-state index contributed by atoms with van der Waals surface area (Å²) < 4.78 is 5.10. The predicted octanol–water partition coefficient (Wildman–Crippen LogP) is 1.36. The Morgan fingerprint density at radius 1 is 1.73 bits per heavy atom. The number of aryl methyl sites for hydroxylation is 1. The standard InChI is InChI=1S/C10H10N2O3/c1-3-15-9-8(5-11)7(10(13)14)4-6(2)12-9/h4H,3H2,1-2H3,(H,13,14). The molecule has 0 aliphatic rings. The molecule has 1 aromatic heterocycles. The van der Waals surface area contributed by atoms with Gasteiger partial charge in [0.25, 0.3) is 0 Å². The zero-order valence-electron chi connectivity index (χ0n) is 8.44. The van der Waals surface area contributed by atoms with E-state index in [0.717, 1.165) is 0 Å². The molecule has 0 aromatic carbocycles. The molecule has 0 atom stereocenters. The SMILES string of the molecule is CCOc1nc(C)cc(C(=O)O)c1C#N. The minimum absolute atomic E-state index is 0.0325. The van der Waals surface area contributed by atoms with E-state index in [4.69, 9.17) is 15.1 Å². The summed E-state index contributed by atoms with van der Waals surface area (Å²) in [7, 11) is 0. The van der Waals surface area contributed by atoms with Crippen LogP contribution < -0.4 is 4.74 Å². The number of nitrogens with zero attached hydrogens (tertiary/aromatic N) is 2. The Labute approximate surface area is 86.9 Å². The van der Waals surface area contributed by atoms with Crippen LogP contribution in [0.1, 0.15) is 28.5 Å². The first kappa shape index (κ1) is 11.0. The molecule has 0 radical (unpaired) electrons. The number of aromatic nitrogens is 1. The molecule has 0 bridgehead atoms. The Hall–Kier alpha value is -2.09. The molecule has 1 aromatic rings. The maximum Gasteiger partial charge on any atom is 0.337 e. The Balaban J connectivity index is 3.40. The molecule has 1 N–H and O–H groups in total. The second kappa shape index (κ2) is 4.42. The third-order valence-corrected chi connectivity index (χ3v) is 1.74. The number of ether oxygens (including phenoxy) is 1. The van der Waals surface area contributed by atoms with E-state index < -0.39 is 5.97 Å². The summed E-state index contributed by atoms with van der Waals surface area (Å²) in [6.45, 7) is 3.73. The number of hydrogen-bond donors (Lipinski definition) is 1. The van der Waals surface area contributed by atoms with Crippen molar-refractivity contribution in [1.29, 1.82) is 5.26 Å². The molecule has 1 rings (SSSR count). The number of carbonyl (C=O) groups is 1. The van der Waals surface area contributed by atoms with Gasteiger partial charge in [-0.25, -0.2) is 9.78 Å². The molecule has 0 amide bonds. The number of carboxylic acid groups (broad SMARTS) is 1. The van der Waals surface area contributed by atoms with Crippen molar-refractivity contribution >= 4 is 5.97 Å². The summed E-state index contributed by atoms with van der Waals surface area (Å²) in [4.78, 5) is 14.8. The number of hydrogen-bond acceptors (Lipinski definition) is 4. The van der Waals surface area contributed by atoms with Crippen LogP contribution in [0.25, 0.3) is 0 Å². The Kier molecular flexibility index (Phi) is 3.24. The van der Waals surface area contributed by atoms with Crippen LogP contribution in [-0.2, 0) is 0 Å². The van der Waals surface area contributed by atoms with Gasteiger partial charge in [-0.15, -0.1) is 0 Å². The summed E-state index contributed by atoms with van der Waals surface area (Å²) in [5.41, 5.74) is 0.401. The molecule has 5 heteroatoms. The minimum atomic E-state index is -1.15. The molecule has 0 saturated carbocycles. The minimum Gasteiger partial charge on any atom is -0.478 e. The summed E-state index contributed by atoms with van der Waals surface area (Å²) in [5.74, 6) is -1.07. The fraction of sp³-hybridized carbons (Fsp3) is 0.300. The Bertz CT molecular complexity index is 435. The first-order valence-corrected chi connectivity index (χ1v) is 4.38. The lowest BCUT2D eigenvalue weighted by Crippen LogP contribution is -2.06. The van der Waals surface area contributed by atoms with E-state index in [1.54, 1.807) is 19.9 Å². The molecule has 5 nitrogen and oxygen atoms in total. The van der Waals surface area contributed by atoms with E-state index in [0.29, 0.717) is 12.3 Å². The summed E-state index contributed by atoms with van der Waals surface area (Å²) in [5, 5.41) is 17.7. The second-order valence-electron chi connectivity index (χ2n) is 2.84. The van der Waals surface area contributed by atoms with Crippen LogP contribution in [0.5, 0.6) is 5.88 Å². The number of aromatic carboxylic acids is 1. The van der Waals surface area contributed by atoms with E-state index >= 15 is 0 Å². The number of rotatable bonds is 3. The maximum absolute atomic E-state index is 10.9. The highest BCUT2D eigenvalue weighted by molar-refractivity contribution is 5.91. The second-order valence-corrected chi connectivity index (χ2v) is 2.84. The molecule has 0 aliphatic carbocycles. The monoisotopic (exact) mass is 206 g/mol. The average molecular weight is 206 g/mol. The zero-order valence-corrected chi connectivity index (χ0v) is 8.44. The van der Waals surface area contributed by atoms with Gasteiger partial charge >= 0.3 is 5.97 Å². The molecular formula is C10H10N2O3. The van der Waals surface area contributed by atoms with Gasteiger partial charge in [-0.1, -0.05) is 0 Å². The predicted molar refractivity (Wildman–Crippen MR) is 51.8 cm³/mol. The fourth-order valence-corrected chi connectivity index (χ4v) is 1.16. The van der Waals surface area contributed by atoms with Crippen molar-refractivity contribution in [2.45, 2.75) is 13.8 Å². The van der Waals surface area contributed by atoms with E-state index in [1.807, 2.05) is 0 Å². The lowest BCUT2D eigenvalue weighted by atomic mass is 10.1. The number of nitriles is 1. The molecular weight excluding hydrogens is 196 g/mol. The van der Waals surface area contributed by atoms with Gasteiger partial charge < -0.3 is 9.84 Å². The van der Waals surface area contributed by atoms with Gasteiger partial charge in [0, 0.05) is 5.69 Å². The van der Waals surface area contributed by atoms with Gasteiger partial charge in [0.15, 0.2) is 0 Å². The van der Waals surface area contributed by atoms with Crippen LogP contribution in [-0.4, -0.2) is 22.7 Å². The van der Waals surface area contributed by atoms with Crippen molar-refractivity contribution in [2.24, 2.45) is 0 Å². The normalized spacial score (nSPS) is 9.40. The molecule has 15 heavy (non-hydrogen) atoms. The highest BCUT2D eigenvalue weighted by atomic mass is 16.5. The van der Waals surface area contributed by atoms with Crippen molar-refractivity contribution in [1.82, 2.24) is 4.98 Å². The topological polar surface area (TPSA) is 83.2 Å². The molecule has 0 spiro atoms. The molecule has 78 valence electrons. The molecule has 0 aliphatic heterocycles.